The average Bonchev–Trinajstić information content (AvgIpc) is 2.77. The summed E-state index contributed by atoms with van der Waals surface area (Å²) in [4.78, 5) is 0. The van der Waals surface area contributed by atoms with E-state index in [9.17, 15) is 0 Å². The average molecular weight is 320 g/mol. The lowest BCUT2D eigenvalue weighted by atomic mass is 10.1. The molecule has 1 aromatic rings. The Kier molecular flexibility index (Phi) is 5.13. The summed E-state index contributed by atoms with van der Waals surface area (Å²) < 4.78 is 18.8. The van der Waals surface area contributed by atoms with Crippen LogP contribution >= 0.6 is 15.9 Å². The Balaban J connectivity index is 2.12. The largest absolute Gasteiger partial charge is 0.383 e. The van der Waals surface area contributed by atoms with Gasteiger partial charge in [0.2, 0.25) is 0 Å². The summed E-state index contributed by atoms with van der Waals surface area (Å²) in [6.07, 6.45) is 1.61. The second-order valence-electron chi connectivity index (χ2n) is 4.10. The van der Waals surface area contributed by atoms with Crippen molar-refractivity contribution in [2.75, 3.05) is 33.5 Å². The van der Waals surface area contributed by atoms with Crippen molar-refractivity contribution in [1.82, 2.24) is 9.78 Å². The first-order valence-corrected chi connectivity index (χ1v) is 6.68. The molecule has 2 heterocycles. The van der Waals surface area contributed by atoms with Gasteiger partial charge in [-0.3, -0.25) is 4.68 Å². The highest BCUT2D eigenvalue weighted by molar-refractivity contribution is 9.10. The Bertz CT molecular complexity index is 380. The quantitative estimate of drug-likeness (QED) is 0.865. The fraction of sp³-hybridized carbons (Fsp3) is 0.727. The maximum atomic E-state index is 6.25. The van der Waals surface area contributed by atoms with Crippen LogP contribution in [0.3, 0.4) is 0 Å². The van der Waals surface area contributed by atoms with Crippen LogP contribution in [0.4, 0.5) is 0 Å². The number of nitrogens with two attached hydrogens (primary N) is 1. The normalized spacial score (nSPS) is 22.1. The third-order valence-corrected chi connectivity index (χ3v) is 3.51. The van der Waals surface area contributed by atoms with Gasteiger partial charge in [0.1, 0.15) is 6.10 Å². The van der Waals surface area contributed by atoms with E-state index in [4.69, 9.17) is 19.9 Å². The summed E-state index contributed by atoms with van der Waals surface area (Å²) in [7, 11) is 1.66. The van der Waals surface area contributed by atoms with Gasteiger partial charge in [0.05, 0.1) is 55.4 Å². The van der Waals surface area contributed by atoms with Crippen LogP contribution in [0.5, 0.6) is 0 Å². The summed E-state index contributed by atoms with van der Waals surface area (Å²) in [5, 5.41) is 4.28. The topological polar surface area (TPSA) is 71.5 Å². The zero-order valence-electron chi connectivity index (χ0n) is 10.3. The molecule has 6 nitrogen and oxygen atoms in total. The molecule has 18 heavy (non-hydrogen) atoms. The maximum absolute atomic E-state index is 6.25. The standard InChI is InChI=1S/C11H18BrN3O3/c1-16-3-2-15-11(8(12)6-14-15)10(13)9-7-17-4-5-18-9/h6,9-10H,2-5,7,13H2,1H3. The van der Waals surface area contributed by atoms with E-state index in [0.29, 0.717) is 33.0 Å². The molecule has 0 aliphatic carbocycles. The smallest absolute Gasteiger partial charge is 0.102 e. The molecule has 0 aromatic carbocycles. The second kappa shape index (κ2) is 6.63. The lowest BCUT2D eigenvalue weighted by Crippen LogP contribution is -2.39. The first-order valence-electron chi connectivity index (χ1n) is 5.89. The fourth-order valence-electron chi connectivity index (χ4n) is 1.95. The van der Waals surface area contributed by atoms with E-state index in [1.807, 2.05) is 4.68 Å². The molecule has 7 heteroatoms. The molecule has 0 radical (unpaired) electrons. The number of halogens is 1. The molecule has 0 bridgehead atoms. The minimum Gasteiger partial charge on any atom is -0.383 e. The first-order chi connectivity index (χ1) is 8.74. The van der Waals surface area contributed by atoms with Crippen LogP contribution in [0.2, 0.25) is 0 Å². The number of methoxy groups -OCH3 is 1. The van der Waals surface area contributed by atoms with Gasteiger partial charge in [0, 0.05) is 7.11 Å². The first kappa shape index (κ1) is 14.0. The predicted molar refractivity (Wildman–Crippen MR) is 69.3 cm³/mol. The van der Waals surface area contributed by atoms with Gasteiger partial charge >= 0.3 is 0 Å². The molecule has 1 saturated heterocycles. The van der Waals surface area contributed by atoms with Crippen molar-refractivity contribution in [2.24, 2.45) is 5.73 Å². The minimum atomic E-state index is -0.265. The maximum Gasteiger partial charge on any atom is 0.102 e. The van der Waals surface area contributed by atoms with E-state index >= 15 is 0 Å². The van der Waals surface area contributed by atoms with Gasteiger partial charge in [-0.05, 0) is 15.9 Å². The summed E-state index contributed by atoms with van der Waals surface area (Å²) in [5.74, 6) is 0. The van der Waals surface area contributed by atoms with Gasteiger partial charge in [-0.15, -0.1) is 0 Å². The Hall–Kier alpha value is -0.470. The van der Waals surface area contributed by atoms with Crippen LogP contribution in [0.1, 0.15) is 11.7 Å². The van der Waals surface area contributed by atoms with E-state index in [1.165, 1.54) is 0 Å². The molecule has 1 aromatic heterocycles. The summed E-state index contributed by atoms with van der Waals surface area (Å²) >= 11 is 3.48. The third-order valence-electron chi connectivity index (χ3n) is 2.90. The van der Waals surface area contributed by atoms with E-state index in [1.54, 1.807) is 13.3 Å². The highest BCUT2D eigenvalue weighted by Gasteiger charge is 2.27. The van der Waals surface area contributed by atoms with E-state index in [-0.39, 0.29) is 12.1 Å². The van der Waals surface area contributed by atoms with Crippen LogP contribution in [-0.2, 0) is 20.8 Å². The van der Waals surface area contributed by atoms with Crippen LogP contribution in [-0.4, -0.2) is 49.4 Å². The summed E-state index contributed by atoms with van der Waals surface area (Å²) in [5.41, 5.74) is 7.17. The minimum absolute atomic E-state index is 0.131. The number of hydrogen-bond donors (Lipinski definition) is 1. The second-order valence-corrected chi connectivity index (χ2v) is 4.96. The Morgan fingerprint density at radius 1 is 1.67 bits per heavy atom. The van der Waals surface area contributed by atoms with Gasteiger partial charge in [-0.1, -0.05) is 0 Å². The van der Waals surface area contributed by atoms with Gasteiger partial charge in [0.15, 0.2) is 0 Å². The van der Waals surface area contributed by atoms with Crippen LogP contribution in [0, 0.1) is 0 Å². The molecule has 2 rings (SSSR count). The van der Waals surface area contributed by atoms with Crippen molar-refractivity contribution < 1.29 is 14.2 Å². The van der Waals surface area contributed by atoms with Gasteiger partial charge < -0.3 is 19.9 Å². The molecule has 102 valence electrons. The highest BCUT2D eigenvalue weighted by Crippen LogP contribution is 2.26. The Morgan fingerprint density at radius 3 is 3.17 bits per heavy atom. The monoisotopic (exact) mass is 319 g/mol. The molecule has 2 atom stereocenters. The molecule has 1 fully saturated rings. The van der Waals surface area contributed by atoms with Crippen molar-refractivity contribution >= 4 is 15.9 Å². The van der Waals surface area contributed by atoms with E-state index in [0.717, 1.165) is 10.2 Å². The van der Waals surface area contributed by atoms with Gasteiger partial charge in [0.25, 0.3) is 0 Å². The summed E-state index contributed by atoms with van der Waals surface area (Å²) in [6.45, 7) is 2.99. The SMILES string of the molecule is COCCn1ncc(Br)c1C(N)C1COCCO1. The van der Waals surface area contributed by atoms with Crippen molar-refractivity contribution in [1.29, 1.82) is 0 Å². The number of rotatable bonds is 5. The third kappa shape index (κ3) is 3.10. The molecule has 0 amide bonds. The predicted octanol–water partition coefficient (Wildman–Crippen LogP) is 0.707. The molecule has 2 unspecified atom stereocenters. The molecular formula is C11H18BrN3O3. The zero-order chi connectivity index (χ0) is 13.0. The lowest BCUT2D eigenvalue weighted by Gasteiger charge is -2.28. The molecule has 0 saturated carbocycles. The fourth-order valence-corrected chi connectivity index (χ4v) is 2.51. The molecule has 1 aliphatic rings. The summed E-state index contributed by atoms with van der Waals surface area (Å²) in [6, 6.07) is -0.265. The van der Waals surface area contributed by atoms with Gasteiger partial charge in [-0.25, -0.2) is 0 Å². The van der Waals surface area contributed by atoms with Crippen LogP contribution in [0.25, 0.3) is 0 Å². The Labute approximate surface area is 115 Å². The van der Waals surface area contributed by atoms with Crippen molar-refractivity contribution in [2.45, 2.75) is 18.7 Å². The number of hydrogen-bond acceptors (Lipinski definition) is 5. The zero-order valence-corrected chi connectivity index (χ0v) is 11.9. The molecule has 0 spiro atoms. The molecular weight excluding hydrogens is 302 g/mol. The number of aromatic nitrogens is 2. The van der Waals surface area contributed by atoms with E-state index < -0.39 is 0 Å². The van der Waals surface area contributed by atoms with Crippen LogP contribution in [0.15, 0.2) is 10.7 Å². The highest BCUT2D eigenvalue weighted by atomic mass is 79.9. The lowest BCUT2D eigenvalue weighted by molar-refractivity contribution is -0.0985. The number of ether oxygens (including phenoxy) is 3. The molecule has 2 N–H and O–H groups in total. The van der Waals surface area contributed by atoms with Crippen molar-refractivity contribution in [3.63, 3.8) is 0 Å². The van der Waals surface area contributed by atoms with Gasteiger partial charge in [-0.2, -0.15) is 5.10 Å². The number of nitrogens with zero attached hydrogens (tertiary/aromatic N) is 2. The molecule has 1 aliphatic heterocycles. The van der Waals surface area contributed by atoms with Crippen molar-refractivity contribution in [3.8, 4) is 0 Å². The van der Waals surface area contributed by atoms with Crippen LogP contribution < -0.4 is 5.73 Å². The van der Waals surface area contributed by atoms with Crippen molar-refractivity contribution in [3.05, 3.63) is 16.4 Å². The van der Waals surface area contributed by atoms with E-state index in [2.05, 4.69) is 21.0 Å². The Morgan fingerprint density at radius 2 is 2.50 bits per heavy atom.